The van der Waals surface area contributed by atoms with E-state index in [1.165, 1.54) is 18.4 Å². The lowest BCUT2D eigenvalue weighted by Gasteiger charge is -2.19. The monoisotopic (exact) mass is 250 g/mol. The van der Waals surface area contributed by atoms with Crippen molar-refractivity contribution in [1.82, 2.24) is 4.90 Å². The van der Waals surface area contributed by atoms with Crippen LogP contribution in [0.2, 0.25) is 0 Å². The molecule has 0 saturated carbocycles. The molecule has 0 amide bonds. The molecule has 3 nitrogen and oxygen atoms in total. The molecule has 0 aliphatic heterocycles. The normalized spacial score (nSPS) is 12.8. The third kappa shape index (κ3) is 4.31. The van der Waals surface area contributed by atoms with Crippen molar-refractivity contribution < 1.29 is 4.74 Å². The zero-order valence-corrected chi connectivity index (χ0v) is 12.1. The Hall–Kier alpha value is -1.06. The molecule has 0 bridgehead atoms. The van der Waals surface area contributed by atoms with Crippen LogP contribution in [0.1, 0.15) is 43.9 Å². The number of rotatable bonds is 7. The standard InChI is InChI=1S/C15H26N2O/c1-5-6-9-17(3)11-14-10-13(12(2)16)7-8-15(14)18-4/h7-8,10,12H,5-6,9,11,16H2,1-4H3. The van der Waals surface area contributed by atoms with Gasteiger partial charge in [0.25, 0.3) is 0 Å². The molecule has 18 heavy (non-hydrogen) atoms. The first-order valence-corrected chi connectivity index (χ1v) is 6.69. The van der Waals surface area contributed by atoms with Crippen LogP contribution in [-0.2, 0) is 6.54 Å². The molecule has 2 N–H and O–H groups in total. The maximum atomic E-state index is 5.93. The minimum Gasteiger partial charge on any atom is -0.496 e. The minimum atomic E-state index is 0.0654. The van der Waals surface area contributed by atoms with E-state index in [0.717, 1.165) is 24.4 Å². The molecule has 1 rings (SSSR count). The zero-order valence-electron chi connectivity index (χ0n) is 12.1. The molecular weight excluding hydrogens is 224 g/mol. The lowest BCUT2D eigenvalue weighted by Crippen LogP contribution is -2.19. The first kappa shape index (κ1) is 15.0. The number of hydrogen-bond acceptors (Lipinski definition) is 3. The topological polar surface area (TPSA) is 38.5 Å². The summed E-state index contributed by atoms with van der Waals surface area (Å²) >= 11 is 0. The molecule has 0 fully saturated rings. The highest BCUT2D eigenvalue weighted by molar-refractivity contribution is 5.38. The Bertz CT molecular complexity index is 364. The highest BCUT2D eigenvalue weighted by Crippen LogP contribution is 2.23. The first-order valence-electron chi connectivity index (χ1n) is 6.69. The summed E-state index contributed by atoms with van der Waals surface area (Å²) in [6.45, 7) is 6.24. The van der Waals surface area contributed by atoms with Crippen LogP contribution in [0.15, 0.2) is 18.2 Å². The van der Waals surface area contributed by atoms with Crippen molar-refractivity contribution in [1.29, 1.82) is 0 Å². The molecule has 0 saturated heterocycles. The van der Waals surface area contributed by atoms with Crippen molar-refractivity contribution >= 4 is 0 Å². The van der Waals surface area contributed by atoms with Crippen molar-refractivity contribution in [3.05, 3.63) is 29.3 Å². The summed E-state index contributed by atoms with van der Waals surface area (Å²) < 4.78 is 5.42. The number of hydrogen-bond donors (Lipinski definition) is 1. The summed E-state index contributed by atoms with van der Waals surface area (Å²) in [4.78, 5) is 2.33. The van der Waals surface area contributed by atoms with E-state index in [2.05, 4.69) is 24.9 Å². The van der Waals surface area contributed by atoms with Crippen LogP contribution < -0.4 is 10.5 Å². The molecule has 0 heterocycles. The predicted molar refractivity (Wildman–Crippen MR) is 76.8 cm³/mol. The lowest BCUT2D eigenvalue weighted by molar-refractivity contribution is 0.312. The van der Waals surface area contributed by atoms with Crippen LogP contribution in [0.25, 0.3) is 0 Å². The second-order valence-electron chi connectivity index (χ2n) is 4.95. The number of nitrogens with zero attached hydrogens (tertiary/aromatic N) is 1. The Labute approximate surface area is 111 Å². The van der Waals surface area contributed by atoms with Crippen LogP contribution in [0.5, 0.6) is 5.75 Å². The van der Waals surface area contributed by atoms with Gasteiger partial charge in [-0.2, -0.15) is 0 Å². The van der Waals surface area contributed by atoms with Gasteiger partial charge in [0.1, 0.15) is 5.75 Å². The fraction of sp³-hybridized carbons (Fsp3) is 0.600. The van der Waals surface area contributed by atoms with Crippen LogP contribution >= 0.6 is 0 Å². The SMILES string of the molecule is CCCCN(C)Cc1cc(C(C)N)ccc1OC. The van der Waals surface area contributed by atoms with E-state index in [0.29, 0.717) is 0 Å². The lowest BCUT2D eigenvalue weighted by atomic mass is 10.0. The van der Waals surface area contributed by atoms with Crippen LogP contribution in [0.4, 0.5) is 0 Å². The molecule has 1 atom stereocenters. The van der Waals surface area contributed by atoms with E-state index < -0.39 is 0 Å². The Balaban J connectivity index is 2.80. The second-order valence-corrected chi connectivity index (χ2v) is 4.95. The zero-order chi connectivity index (χ0) is 13.5. The van der Waals surface area contributed by atoms with Crippen molar-refractivity contribution in [2.45, 2.75) is 39.3 Å². The van der Waals surface area contributed by atoms with Gasteiger partial charge < -0.3 is 15.4 Å². The summed E-state index contributed by atoms with van der Waals surface area (Å²) in [6, 6.07) is 6.28. The van der Waals surface area contributed by atoms with Crippen molar-refractivity contribution in [2.24, 2.45) is 5.73 Å². The fourth-order valence-electron chi connectivity index (χ4n) is 2.00. The molecular formula is C15H26N2O. The first-order chi connectivity index (χ1) is 8.58. The summed E-state index contributed by atoms with van der Waals surface area (Å²) in [5, 5.41) is 0. The minimum absolute atomic E-state index is 0.0654. The predicted octanol–water partition coefficient (Wildman–Crippen LogP) is 2.95. The number of ether oxygens (including phenoxy) is 1. The Morgan fingerprint density at radius 2 is 2.11 bits per heavy atom. The summed E-state index contributed by atoms with van der Waals surface area (Å²) in [5.74, 6) is 0.947. The third-order valence-corrected chi connectivity index (χ3v) is 3.16. The van der Waals surface area contributed by atoms with Crippen molar-refractivity contribution in [3.8, 4) is 5.75 Å². The summed E-state index contributed by atoms with van der Waals surface area (Å²) in [7, 11) is 3.87. The van der Waals surface area contributed by atoms with Gasteiger partial charge in [0.15, 0.2) is 0 Å². The molecule has 0 spiro atoms. The van der Waals surface area contributed by atoms with E-state index >= 15 is 0 Å². The Morgan fingerprint density at radius 1 is 1.39 bits per heavy atom. The largest absolute Gasteiger partial charge is 0.496 e. The number of nitrogens with two attached hydrogens (primary N) is 1. The number of benzene rings is 1. The van der Waals surface area contributed by atoms with Gasteiger partial charge >= 0.3 is 0 Å². The highest BCUT2D eigenvalue weighted by Gasteiger charge is 2.09. The molecule has 0 aliphatic rings. The smallest absolute Gasteiger partial charge is 0.123 e. The molecule has 0 aromatic heterocycles. The third-order valence-electron chi connectivity index (χ3n) is 3.16. The quantitative estimate of drug-likeness (QED) is 0.808. The van der Waals surface area contributed by atoms with Gasteiger partial charge in [0, 0.05) is 18.2 Å². The maximum Gasteiger partial charge on any atom is 0.123 e. The fourth-order valence-corrected chi connectivity index (χ4v) is 2.00. The van der Waals surface area contributed by atoms with E-state index in [-0.39, 0.29) is 6.04 Å². The van der Waals surface area contributed by atoms with Crippen LogP contribution in [0, 0.1) is 0 Å². The van der Waals surface area contributed by atoms with E-state index in [9.17, 15) is 0 Å². The van der Waals surface area contributed by atoms with E-state index in [4.69, 9.17) is 10.5 Å². The van der Waals surface area contributed by atoms with E-state index in [1.807, 2.05) is 19.1 Å². The maximum absolute atomic E-state index is 5.93. The average Bonchev–Trinajstić information content (AvgIpc) is 2.36. The van der Waals surface area contributed by atoms with Gasteiger partial charge in [-0.3, -0.25) is 0 Å². The molecule has 3 heteroatoms. The molecule has 1 aromatic carbocycles. The number of unbranched alkanes of at least 4 members (excludes halogenated alkanes) is 1. The number of methoxy groups -OCH3 is 1. The molecule has 1 aromatic rings. The highest BCUT2D eigenvalue weighted by atomic mass is 16.5. The van der Waals surface area contributed by atoms with Gasteiger partial charge in [-0.1, -0.05) is 19.4 Å². The van der Waals surface area contributed by atoms with E-state index in [1.54, 1.807) is 7.11 Å². The Morgan fingerprint density at radius 3 is 2.67 bits per heavy atom. The average molecular weight is 250 g/mol. The molecule has 1 unspecified atom stereocenters. The molecule has 102 valence electrons. The molecule has 0 radical (unpaired) electrons. The van der Waals surface area contributed by atoms with Crippen molar-refractivity contribution in [2.75, 3.05) is 20.7 Å². The van der Waals surface area contributed by atoms with Gasteiger partial charge in [0.05, 0.1) is 7.11 Å². The summed E-state index contributed by atoms with van der Waals surface area (Å²) in [6.07, 6.45) is 2.45. The van der Waals surface area contributed by atoms with Crippen LogP contribution in [0.3, 0.4) is 0 Å². The van der Waals surface area contributed by atoms with Crippen LogP contribution in [-0.4, -0.2) is 25.6 Å². The second kappa shape index (κ2) is 7.39. The van der Waals surface area contributed by atoms with Gasteiger partial charge in [-0.25, -0.2) is 0 Å². The van der Waals surface area contributed by atoms with Gasteiger partial charge in [-0.15, -0.1) is 0 Å². The van der Waals surface area contributed by atoms with Gasteiger partial charge in [0.2, 0.25) is 0 Å². The molecule has 0 aliphatic carbocycles. The Kier molecular flexibility index (Phi) is 6.16. The summed E-state index contributed by atoms with van der Waals surface area (Å²) in [5.41, 5.74) is 8.31. The van der Waals surface area contributed by atoms with Crippen molar-refractivity contribution in [3.63, 3.8) is 0 Å². The van der Waals surface area contributed by atoms with Gasteiger partial charge in [-0.05, 0) is 44.6 Å².